The van der Waals surface area contributed by atoms with E-state index in [9.17, 15) is 4.79 Å². The Bertz CT molecular complexity index is 1130. The fourth-order valence-corrected chi connectivity index (χ4v) is 4.86. The zero-order valence-corrected chi connectivity index (χ0v) is 16.2. The van der Waals surface area contributed by atoms with Crippen LogP contribution >= 0.6 is 23.1 Å². The molecule has 3 nitrogen and oxygen atoms in total. The van der Waals surface area contributed by atoms with E-state index in [2.05, 4.69) is 37.0 Å². The third-order valence-electron chi connectivity index (χ3n) is 4.29. The minimum atomic E-state index is -0.0633. The molecule has 0 radical (unpaired) electrons. The van der Waals surface area contributed by atoms with Crippen LogP contribution in [0, 0.1) is 13.8 Å². The van der Waals surface area contributed by atoms with Crippen molar-refractivity contribution in [1.29, 1.82) is 0 Å². The van der Waals surface area contributed by atoms with Gasteiger partial charge >= 0.3 is 0 Å². The van der Waals surface area contributed by atoms with E-state index in [0.29, 0.717) is 11.1 Å². The number of nitrogens with zero attached hydrogens (tertiary/aromatic N) is 1. The van der Waals surface area contributed by atoms with Crippen molar-refractivity contribution in [3.63, 3.8) is 0 Å². The highest BCUT2D eigenvalue weighted by Gasteiger charge is 2.13. The molecule has 0 amide bonds. The molecule has 0 fully saturated rings. The number of nitrogens with one attached hydrogen (secondary N) is 1. The Morgan fingerprint density at radius 2 is 1.92 bits per heavy atom. The molecule has 26 heavy (non-hydrogen) atoms. The molecule has 0 bridgehead atoms. The summed E-state index contributed by atoms with van der Waals surface area (Å²) in [6.07, 6.45) is 0. The lowest BCUT2D eigenvalue weighted by Crippen LogP contribution is -2.10. The molecule has 0 unspecified atom stereocenters. The quantitative estimate of drug-likeness (QED) is 0.473. The highest BCUT2D eigenvalue weighted by Crippen LogP contribution is 2.31. The Labute approximate surface area is 160 Å². The molecule has 0 aliphatic carbocycles. The number of hydrogen-bond donors (Lipinski definition) is 1. The van der Waals surface area contributed by atoms with Gasteiger partial charge in [0.2, 0.25) is 0 Å². The highest BCUT2D eigenvalue weighted by molar-refractivity contribution is 7.98. The molecule has 4 rings (SSSR count). The Kier molecular flexibility index (Phi) is 4.66. The summed E-state index contributed by atoms with van der Waals surface area (Å²) in [5, 5.41) is 2.70. The van der Waals surface area contributed by atoms with Gasteiger partial charge in [-0.25, -0.2) is 4.98 Å². The molecular weight excluding hydrogens is 360 g/mol. The summed E-state index contributed by atoms with van der Waals surface area (Å²) in [7, 11) is 0. The van der Waals surface area contributed by atoms with Gasteiger partial charge in [-0.1, -0.05) is 48.0 Å². The standard InChI is InChI=1S/C21H18N2OS2/c1-13-8-9-14(2)17(10-13)25-12-18-22-20(24)19-16(11-26-21(19)23-18)15-6-4-3-5-7-15/h3-11H,12H2,1-2H3,(H,22,23,24). The maximum atomic E-state index is 12.7. The van der Waals surface area contributed by atoms with Crippen molar-refractivity contribution in [3.8, 4) is 11.1 Å². The van der Waals surface area contributed by atoms with Gasteiger partial charge < -0.3 is 4.98 Å². The molecule has 0 aliphatic rings. The van der Waals surface area contributed by atoms with Crippen molar-refractivity contribution in [2.45, 2.75) is 24.5 Å². The second-order valence-corrected chi connectivity index (χ2v) is 8.14. The topological polar surface area (TPSA) is 45.8 Å². The zero-order chi connectivity index (χ0) is 18.1. The molecule has 2 aromatic carbocycles. The van der Waals surface area contributed by atoms with Crippen LogP contribution in [-0.2, 0) is 5.75 Å². The number of aromatic amines is 1. The number of rotatable bonds is 4. The predicted octanol–water partition coefficient (Wildman–Crippen LogP) is 5.56. The van der Waals surface area contributed by atoms with E-state index in [-0.39, 0.29) is 5.56 Å². The molecule has 2 heterocycles. The summed E-state index contributed by atoms with van der Waals surface area (Å²) < 4.78 is 0. The average molecular weight is 379 g/mol. The van der Waals surface area contributed by atoms with E-state index in [4.69, 9.17) is 4.98 Å². The molecular formula is C21H18N2OS2. The average Bonchev–Trinajstić information content (AvgIpc) is 3.08. The van der Waals surface area contributed by atoms with E-state index in [0.717, 1.165) is 21.8 Å². The van der Waals surface area contributed by atoms with Crippen molar-refractivity contribution in [1.82, 2.24) is 9.97 Å². The van der Waals surface area contributed by atoms with Crippen LogP contribution in [0.2, 0.25) is 0 Å². The fourth-order valence-electron chi connectivity index (χ4n) is 2.90. The van der Waals surface area contributed by atoms with Crippen LogP contribution in [0.3, 0.4) is 0 Å². The van der Waals surface area contributed by atoms with Gasteiger partial charge in [0.15, 0.2) is 0 Å². The predicted molar refractivity (Wildman–Crippen MR) is 111 cm³/mol. The Hall–Kier alpha value is -2.37. The van der Waals surface area contributed by atoms with Crippen LogP contribution in [0.1, 0.15) is 17.0 Å². The van der Waals surface area contributed by atoms with Crippen LogP contribution in [0.4, 0.5) is 0 Å². The van der Waals surface area contributed by atoms with Gasteiger partial charge in [-0.3, -0.25) is 4.79 Å². The van der Waals surface area contributed by atoms with E-state index in [1.807, 2.05) is 35.7 Å². The van der Waals surface area contributed by atoms with Gasteiger partial charge in [-0.15, -0.1) is 23.1 Å². The maximum Gasteiger partial charge on any atom is 0.260 e. The number of H-pyrrole nitrogens is 1. The number of aryl methyl sites for hydroxylation is 2. The largest absolute Gasteiger partial charge is 0.309 e. The van der Waals surface area contributed by atoms with Crippen LogP contribution in [0.5, 0.6) is 0 Å². The second-order valence-electron chi connectivity index (χ2n) is 6.27. The van der Waals surface area contributed by atoms with E-state index in [1.165, 1.54) is 27.4 Å². The lowest BCUT2D eigenvalue weighted by atomic mass is 10.1. The van der Waals surface area contributed by atoms with E-state index >= 15 is 0 Å². The first-order valence-electron chi connectivity index (χ1n) is 8.37. The number of aromatic nitrogens is 2. The molecule has 1 N–H and O–H groups in total. The molecule has 130 valence electrons. The molecule has 0 aliphatic heterocycles. The third-order valence-corrected chi connectivity index (χ3v) is 6.33. The number of hydrogen-bond acceptors (Lipinski definition) is 4. The minimum Gasteiger partial charge on any atom is -0.309 e. The zero-order valence-electron chi connectivity index (χ0n) is 14.6. The maximum absolute atomic E-state index is 12.7. The van der Waals surface area contributed by atoms with Gasteiger partial charge in [-0.05, 0) is 31.0 Å². The molecule has 0 saturated carbocycles. The van der Waals surface area contributed by atoms with E-state index in [1.54, 1.807) is 11.8 Å². The van der Waals surface area contributed by atoms with Crippen molar-refractivity contribution in [3.05, 3.63) is 81.2 Å². The Morgan fingerprint density at radius 1 is 1.12 bits per heavy atom. The first kappa shape index (κ1) is 17.1. The number of thiophene rings is 1. The van der Waals surface area contributed by atoms with Crippen LogP contribution < -0.4 is 5.56 Å². The summed E-state index contributed by atoms with van der Waals surface area (Å²) >= 11 is 3.23. The van der Waals surface area contributed by atoms with Gasteiger partial charge in [0.1, 0.15) is 10.7 Å². The minimum absolute atomic E-state index is 0.0633. The number of fused-ring (bicyclic) bond motifs is 1. The van der Waals surface area contributed by atoms with Crippen molar-refractivity contribution in [2.24, 2.45) is 0 Å². The van der Waals surface area contributed by atoms with Crippen molar-refractivity contribution >= 4 is 33.3 Å². The molecule has 2 aromatic heterocycles. The lowest BCUT2D eigenvalue weighted by molar-refractivity contribution is 1.04. The van der Waals surface area contributed by atoms with Crippen LogP contribution in [0.15, 0.2) is 63.6 Å². The Morgan fingerprint density at radius 3 is 2.73 bits per heavy atom. The molecule has 0 spiro atoms. The third kappa shape index (κ3) is 3.32. The Balaban J connectivity index is 1.66. The van der Waals surface area contributed by atoms with E-state index < -0.39 is 0 Å². The van der Waals surface area contributed by atoms with Gasteiger partial charge in [-0.2, -0.15) is 0 Å². The van der Waals surface area contributed by atoms with Gasteiger partial charge in [0.25, 0.3) is 5.56 Å². The summed E-state index contributed by atoms with van der Waals surface area (Å²) in [6.45, 7) is 4.19. The molecule has 0 atom stereocenters. The van der Waals surface area contributed by atoms with Crippen LogP contribution in [-0.4, -0.2) is 9.97 Å². The van der Waals surface area contributed by atoms with Crippen molar-refractivity contribution in [2.75, 3.05) is 0 Å². The fraction of sp³-hybridized carbons (Fsp3) is 0.143. The lowest BCUT2D eigenvalue weighted by Gasteiger charge is -2.07. The SMILES string of the molecule is Cc1ccc(C)c(SCc2nc3scc(-c4ccccc4)c3c(=O)[nH]2)c1. The normalized spacial score (nSPS) is 11.2. The molecule has 5 heteroatoms. The first-order valence-corrected chi connectivity index (χ1v) is 10.2. The second kappa shape index (κ2) is 7.09. The van der Waals surface area contributed by atoms with Gasteiger partial charge in [0.05, 0.1) is 11.1 Å². The summed E-state index contributed by atoms with van der Waals surface area (Å²) in [5.74, 6) is 1.36. The summed E-state index contributed by atoms with van der Waals surface area (Å²) in [4.78, 5) is 22.4. The smallest absolute Gasteiger partial charge is 0.260 e. The van der Waals surface area contributed by atoms with Gasteiger partial charge in [0, 0.05) is 15.8 Å². The summed E-state index contributed by atoms with van der Waals surface area (Å²) in [6, 6.07) is 16.4. The van der Waals surface area contributed by atoms with Crippen LogP contribution in [0.25, 0.3) is 21.3 Å². The molecule has 0 saturated heterocycles. The first-order chi connectivity index (χ1) is 12.6. The number of benzene rings is 2. The number of thioether (sulfide) groups is 1. The monoisotopic (exact) mass is 378 g/mol. The highest BCUT2D eigenvalue weighted by atomic mass is 32.2. The van der Waals surface area contributed by atoms with Crippen molar-refractivity contribution < 1.29 is 0 Å². The summed E-state index contributed by atoms with van der Waals surface area (Å²) in [5.41, 5.74) is 4.41. The molecule has 4 aromatic rings.